The number of rotatable bonds is 2. The molecule has 0 fully saturated rings. The summed E-state index contributed by atoms with van der Waals surface area (Å²) < 4.78 is 5.17. The van der Waals surface area contributed by atoms with E-state index in [2.05, 4.69) is 12.2 Å². The number of furan rings is 1. The summed E-state index contributed by atoms with van der Waals surface area (Å²) in [6, 6.07) is 3.65. The molecule has 0 radical (unpaired) electrons. The number of hydrogen-bond acceptors (Lipinski definition) is 2. The molecule has 2 atom stereocenters. The average Bonchev–Trinajstić information content (AvgIpc) is 2.71. The summed E-state index contributed by atoms with van der Waals surface area (Å²) in [6.07, 6.45) is 8.57. The third kappa shape index (κ3) is 1.83. The van der Waals surface area contributed by atoms with Crippen molar-refractivity contribution in [1.82, 2.24) is 0 Å². The first-order valence-electron chi connectivity index (χ1n) is 4.74. The fraction of sp³-hybridized carbons (Fsp3) is 0.455. The van der Waals surface area contributed by atoms with E-state index in [1.165, 1.54) is 0 Å². The van der Waals surface area contributed by atoms with Gasteiger partial charge in [-0.05, 0) is 37.3 Å². The molecule has 70 valence electrons. The lowest BCUT2D eigenvalue weighted by Gasteiger charge is -2.21. The van der Waals surface area contributed by atoms with Crippen LogP contribution < -0.4 is 0 Å². The molecule has 1 heterocycles. The zero-order valence-corrected chi connectivity index (χ0v) is 7.52. The van der Waals surface area contributed by atoms with Crippen molar-refractivity contribution in [1.29, 1.82) is 0 Å². The number of aliphatic hydroxyl groups excluding tert-OH is 1. The van der Waals surface area contributed by atoms with Crippen molar-refractivity contribution in [2.75, 3.05) is 0 Å². The molecule has 0 saturated carbocycles. The molecule has 2 rings (SSSR count). The molecule has 1 aromatic heterocycles. The Morgan fingerprint density at radius 2 is 2.38 bits per heavy atom. The van der Waals surface area contributed by atoms with E-state index in [9.17, 15) is 5.11 Å². The van der Waals surface area contributed by atoms with Crippen LogP contribution in [0.4, 0.5) is 0 Å². The van der Waals surface area contributed by atoms with Gasteiger partial charge >= 0.3 is 0 Å². The Morgan fingerprint density at radius 3 is 3.00 bits per heavy atom. The summed E-state index contributed by atoms with van der Waals surface area (Å²) in [5.41, 5.74) is 0. The van der Waals surface area contributed by atoms with E-state index >= 15 is 0 Å². The van der Waals surface area contributed by atoms with Crippen LogP contribution in [0.3, 0.4) is 0 Å². The van der Waals surface area contributed by atoms with E-state index in [1.54, 1.807) is 6.26 Å². The summed E-state index contributed by atoms with van der Waals surface area (Å²) in [6.45, 7) is 0. The van der Waals surface area contributed by atoms with Crippen LogP contribution in [-0.2, 0) is 0 Å². The second-order valence-corrected chi connectivity index (χ2v) is 3.50. The highest BCUT2D eigenvalue weighted by Crippen LogP contribution is 2.31. The summed E-state index contributed by atoms with van der Waals surface area (Å²) in [5.74, 6) is 1.02. The quantitative estimate of drug-likeness (QED) is 0.706. The van der Waals surface area contributed by atoms with Crippen LogP contribution in [-0.4, -0.2) is 5.11 Å². The fourth-order valence-corrected chi connectivity index (χ4v) is 1.80. The van der Waals surface area contributed by atoms with Crippen LogP contribution in [0.2, 0.25) is 0 Å². The zero-order valence-electron chi connectivity index (χ0n) is 7.52. The van der Waals surface area contributed by atoms with E-state index in [0.29, 0.717) is 11.7 Å². The number of hydrogen-bond donors (Lipinski definition) is 1. The smallest absolute Gasteiger partial charge is 0.132 e. The maximum atomic E-state index is 9.91. The minimum Gasteiger partial charge on any atom is -0.467 e. The second kappa shape index (κ2) is 3.79. The van der Waals surface area contributed by atoms with Crippen molar-refractivity contribution in [2.45, 2.75) is 25.4 Å². The lowest BCUT2D eigenvalue weighted by Crippen LogP contribution is -2.13. The van der Waals surface area contributed by atoms with Gasteiger partial charge in [-0.3, -0.25) is 0 Å². The van der Waals surface area contributed by atoms with E-state index in [4.69, 9.17) is 4.42 Å². The van der Waals surface area contributed by atoms with Gasteiger partial charge < -0.3 is 9.52 Å². The Balaban J connectivity index is 2.04. The van der Waals surface area contributed by atoms with Crippen molar-refractivity contribution >= 4 is 0 Å². The standard InChI is InChI=1S/C11H14O2/c12-11(10-7-4-8-13-10)9-5-2-1-3-6-9/h1-2,4,7-9,11-12H,3,5-6H2/t9-,11-/m1/s1. The van der Waals surface area contributed by atoms with Gasteiger partial charge in [-0.2, -0.15) is 0 Å². The average molecular weight is 178 g/mol. The van der Waals surface area contributed by atoms with Crippen molar-refractivity contribution in [3.05, 3.63) is 36.3 Å². The molecule has 0 spiro atoms. The second-order valence-electron chi connectivity index (χ2n) is 3.50. The van der Waals surface area contributed by atoms with Crippen LogP contribution in [0.1, 0.15) is 31.1 Å². The first kappa shape index (κ1) is 8.57. The van der Waals surface area contributed by atoms with E-state index < -0.39 is 6.10 Å². The molecule has 0 unspecified atom stereocenters. The third-order valence-electron chi connectivity index (χ3n) is 2.59. The van der Waals surface area contributed by atoms with Crippen molar-refractivity contribution in [2.24, 2.45) is 5.92 Å². The molecule has 2 heteroatoms. The van der Waals surface area contributed by atoms with Crippen molar-refractivity contribution in [3.63, 3.8) is 0 Å². The van der Waals surface area contributed by atoms with Gasteiger partial charge in [-0.15, -0.1) is 0 Å². The molecule has 0 amide bonds. The Bertz CT molecular complexity index is 274. The highest BCUT2D eigenvalue weighted by Gasteiger charge is 2.22. The van der Waals surface area contributed by atoms with Gasteiger partial charge in [0.05, 0.1) is 6.26 Å². The van der Waals surface area contributed by atoms with Crippen LogP contribution in [0, 0.1) is 5.92 Å². The van der Waals surface area contributed by atoms with Crippen molar-refractivity contribution in [3.8, 4) is 0 Å². The van der Waals surface area contributed by atoms with Gasteiger partial charge in [0, 0.05) is 0 Å². The molecule has 0 saturated heterocycles. The number of aliphatic hydroxyl groups is 1. The minimum atomic E-state index is -0.431. The molecule has 0 bridgehead atoms. The summed E-state index contributed by atoms with van der Waals surface area (Å²) in [5, 5.41) is 9.91. The first-order chi connectivity index (χ1) is 6.38. The lowest BCUT2D eigenvalue weighted by atomic mass is 9.88. The molecule has 2 nitrogen and oxygen atoms in total. The molecular formula is C11H14O2. The first-order valence-corrected chi connectivity index (χ1v) is 4.74. The molecule has 0 aromatic carbocycles. The van der Waals surface area contributed by atoms with E-state index in [1.807, 2.05) is 12.1 Å². The molecule has 1 aliphatic carbocycles. The Labute approximate surface area is 77.9 Å². The zero-order chi connectivity index (χ0) is 9.10. The van der Waals surface area contributed by atoms with Crippen molar-refractivity contribution < 1.29 is 9.52 Å². The minimum absolute atomic E-state index is 0.330. The van der Waals surface area contributed by atoms with Crippen LogP contribution in [0.5, 0.6) is 0 Å². The van der Waals surface area contributed by atoms with Crippen LogP contribution >= 0.6 is 0 Å². The Hall–Kier alpha value is -1.02. The molecule has 13 heavy (non-hydrogen) atoms. The van der Waals surface area contributed by atoms with Gasteiger partial charge in [-0.1, -0.05) is 12.2 Å². The predicted octanol–water partition coefficient (Wildman–Crippen LogP) is 2.67. The topological polar surface area (TPSA) is 33.4 Å². The Morgan fingerprint density at radius 1 is 1.46 bits per heavy atom. The molecule has 1 aromatic rings. The Kier molecular flexibility index (Phi) is 2.50. The van der Waals surface area contributed by atoms with E-state index in [-0.39, 0.29) is 0 Å². The molecule has 1 N–H and O–H groups in total. The molecule has 1 aliphatic rings. The van der Waals surface area contributed by atoms with Crippen LogP contribution in [0.15, 0.2) is 35.0 Å². The van der Waals surface area contributed by atoms with Crippen LogP contribution in [0.25, 0.3) is 0 Å². The normalized spacial score (nSPS) is 24.5. The lowest BCUT2D eigenvalue weighted by molar-refractivity contribution is 0.0808. The summed E-state index contributed by atoms with van der Waals surface area (Å²) in [7, 11) is 0. The molecular weight excluding hydrogens is 164 g/mol. The summed E-state index contributed by atoms with van der Waals surface area (Å²) in [4.78, 5) is 0. The monoisotopic (exact) mass is 178 g/mol. The van der Waals surface area contributed by atoms with E-state index in [0.717, 1.165) is 19.3 Å². The SMILES string of the molecule is O[C@@H](c1ccco1)[C@@H]1CC=CCC1. The highest BCUT2D eigenvalue weighted by atomic mass is 16.4. The summed E-state index contributed by atoms with van der Waals surface area (Å²) >= 11 is 0. The highest BCUT2D eigenvalue weighted by molar-refractivity contribution is 5.05. The van der Waals surface area contributed by atoms with Gasteiger partial charge in [0.25, 0.3) is 0 Å². The van der Waals surface area contributed by atoms with Gasteiger partial charge in [0.15, 0.2) is 0 Å². The predicted molar refractivity (Wildman–Crippen MR) is 50.1 cm³/mol. The third-order valence-corrected chi connectivity index (χ3v) is 2.59. The maximum Gasteiger partial charge on any atom is 0.132 e. The van der Waals surface area contributed by atoms with Gasteiger partial charge in [0.1, 0.15) is 11.9 Å². The fourth-order valence-electron chi connectivity index (χ4n) is 1.80. The maximum absolute atomic E-state index is 9.91. The van der Waals surface area contributed by atoms with Gasteiger partial charge in [0.2, 0.25) is 0 Å². The number of allylic oxidation sites excluding steroid dienone is 2. The van der Waals surface area contributed by atoms with Gasteiger partial charge in [-0.25, -0.2) is 0 Å². The molecule has 0 aliphatic heterocycles. The largest absolute Gasteiger partial charge is 0.467 e.